The number of amides is 1. The van der Waals surface area contributed by atoms with E-state index in [1.807, 2.05) is 0 Å². The summed E-state index contributed by atoms with van der Waals surface area (Å²) in [6, 6.07) is 5.13. The number of sulfonamides is 1. The molecule has 30 heavy (non-hydrogen) atoms. The largest absolute Gasteiger partial charge is 0.452 e. The lowest BCUT2D eigenvalue weighted by molar-refractivity contribution is -0.155. The molecule has 0 spiro atoms. The van der Waals surface area contributed by atoms with Crippen molar-refractivity contribution >= 4 is 15.9 Å². The fourth-order valence-corrected chi connectivity index (χ4v) is 5.95. The number of carbonyl (C=O) groups excluding carboxylic acids is 1. The maximum absolute atomic E-state index is 13.3. The van der Waals surface area contributed by atoms with E-state index in [4.69, 9.17) is 0 Å². The van der Waals surface area contributed by atoms with E-state index in [2.05, 4.69) is 9.68 Å². The first-order valence-electron chi connectivity index (χ1n) is 9.39. The number of carbonyl (C=O) groups is 1. The molecule has 0 radical (unpaired) electrons. The fraction of sp³-hybridized carbons (Fsp3) is 0.474. The molecule has 162 valence electrons. The normalized spacial score (nSPS) is 23.1. The lowest BCUT2D eigenvalue weighted by atomic mass is 9.94. The van der Waals surface area contributed by atoms with Gasteiger partial charge in [0.05, 0.1) is 4.90 Å². The molecule has 2 aliphatic heterocycles. The molecule has 0 saturated carbocycles. The standard InChI is InChI=1S/C19H20F3N3O4S/c1-11-3-4-12(14-9-17(29-23-14)19(20,21)22)7-16(11)30(27,28)25-6-5-15-13(10-25)8-18(26)24(15)2/h3-4,7,9,13,15H,5-6,8,10H2,1-2H3/t13-,15+/m1/s1. The minimum Gasteiger partial charge on any atom is -0.351 e. The molecule has 3 heterocycles. The average molecular weight is 443 g/mol. The number of alkyl halides is 3. The van der Waals surface area contributed by atoms with Gasteiger partial charge in [-0.2, -0.15) is 17.5 Å². The van der Waals surface area contributed by atoms with Gasteiger partial charge in [-0.15, -0.1) is 0 Å². The number of aryl methyl sites for hydroxylation is 1. The molecule has 0 bridgehead atoms. The molecule has 11 heteroatoms. The van der Waals surface area contributed by atoms with Gasteiger partial charge < -0.3 is 9.42 Å². The molecular weight excluding hydrogens is 423 g/mol. The Hall–Kier alpha value is -2.40. The van der Waals surface area contributed by atoms with E-state index in [0.717, 1.165) is 6.07 Å². The van der Waals surface area contributed by atoms with Crippen molar-refractivity contribution in [2.24, 2.45) is 5.92 Å². The van der Waals surface area contributed by atoms with Crippen LogP contribution in [-0.2, 0) is 21.0 Å². The van der Waals surface area contributed by atoms with Crippen LogP contribution >= 0.6 is 0 Å². The second-order valence-electron chi connectivity index (χ2n) is 7.74. The Morgan fingerprint density at radius 1 is 1.23 bits per heavy atom. The van der Waals surface area contributed by atoms with E-state index in [9.17, 15) is 26.4 Å². The van der Waals surface area contributed by atoms with Gasteiger partial charge in [0.25, 0.3) is 0 Å². The van der Waals surface area contributed by atoms with Gasteiger partial charge in [0.15, 0.2) is 0 Å². The lowest BCUT2D eigenvalue weighted by Crippen LogP contribution is -2.47. The Morgan fingerprint density at radius 2 is 1.97 bits per heavy atom. The van der Waals surface area contributed by atoms with Crippen molar-refractivity contribution in [1.29, 1.82) is 0 Å². The van der Waals surface area contributed by atoms with Gasteiger partial charge in [0.2, 0.25) is 21.7 Å². The van der Waals surface area contributed by atoms with Crippen molar-refractivity contribution in [1.82, 2.24) is 14.4 Å². The molecule has 1 aromatic heterocycles. The Labute approximate surface area is 171 Å². The van der Waals surface area contributed by atoms with Crippen LogP contribution in [-0.4, -0.2) is 54.9 Å². The molecule has 0 aliphatic carbocycles. The number of benzene rings is 1. The van der Waals surface area contributed by atoms with E-state index in [-0.39, 0.29) is 47.1 Å². The van der Waals surface area contributed by atoms with Crippen molar-refractivity contribution in [3.05, 3.63) is 35.6 Å². The minimum atomic E-state index is -4.68. The third-order valence-electron chi connectivity index (χ3n) is 5.88. The van der Waals surface area contributed by atoms with Crippen LogP contribution in [0.5, 0.6) is 0 Å². The highest BCUT2D eigenvalue weighted by molar-refractivity contribution is 7.89. The summed E-state index contributed by atoms with van der Waals surface area (Å²) >= 11 is 0. The topological polar surface area (TPSA) is 83.7 Å². The first-order chi connectivity index (χ1) is 14.0. The molecule has 2 saturated heterocycles. The molecule has 2 aliphatic rings. The summed E-state index contributed by atoms with van der Waals surface area (Å²) in [5.41, 5.74) is 0.588. The lowest BCUT2D eigenvalue weighted by Gasteiger charge is -2.36. The van der Waals surface area contributed by atoms with Crippen molar-refractivity contribution in [2.75, 3.05) is 20.1 Å². The third kappa shape index (κ3) is 3.49. The molecule has 2 atom stereocenters. The van der Waals surface area contributed by atoms with Crippen LogP contribution < -0.4 is 0 Å². The quantitative estimate of drug-likeness (QED) is 0.729. The number of hydrogen-bond donors (Lipinski definition) is 0. The smallest absolute Gasteiger partial charge is 0.351 e. The van der Waals surface area contributed by atoms with E-state index < -0.39 is 22.0 Å². The monoisotopic (exact) mass is 443 g/mol. The first-order valence-corrected chi connectivity index (χ1v) is 10.8. The van der Waals surface area contributed by atoms with Gasteiger partial charge in [-0.05, 0) is 25.0 Å². The van der Waals surface area contributed by atoms with Crippen LogP contribution in [0.3, 0.4) is 0 Å². The second-order valence-corrected chi connectivity index (χ2v) is 9.65. The third-order valence-corrected chi connectivity index (χ3v) is 7.88. The Balaban J connectivity index is 1.64. The van der Waals surface area contributed by atoms with E-state index in [0.29, 0.717) is 18.4 Å². The second kappa shape index (κ2) is 7.09. The van der Waals surface area contributed by atoms with Crippen molar-refractivity contribution in [2.45, 2.75) is 36.9 Å². The van der Waals surface area contributed by atoms with Crippen LogP contribution in [0, 0.1) is 12.8 Å². The molecule has 2 fully saturated rings. The maximum Gasteiger partial charge on any atom is 0.452 e. The van der Waals surface area contributed by atoms with E-state index in [1.54, 1.807) is 18.9 Å². The van der Waals surface area contributed by atoms with Crippen LogP contribution in [0.1, 0.15) is 24.2 Å². The molecule has 1 aromatic carbocycles. The highest BCUT2D eigenvalue weighted by Gasteiger charge is 2.44. The minimum absolute atomic E-state index is 0.00712. The number of aromatic nitrogens is 1. The van der Waals surface area contributed by atoms with Crippen LogP contribution in [0.15, 0.2) is 33.7 Å². The van der Waals surface area contributed by atoms with Crippen LogP contribution in [0.4, 0.5) is 13.2 Å². The number of fused-ring (bicyclic) bond motifs is 1. The van der Waals surface area contributed by atoms with Crippen LogP contribution in [0.2, 0.25) is 0 Å². The van der Waals surface area contributed by atoms with Crippen molar-refractivity contribution in [3.63, 3.8) is 0 Å². The van der Waals surface area contributed by atoms with Crippen LogP contribution in [0.25, 0.3) is 11.3 Å². The van der Waals surface area contributed by atoms with E-state index >= 15 is 0 Å². The number of likely N-dealkylation sites (tertiary alicyclic amines) is 1. The predicted octanol–water partition coefficient (Wildman–Crippen LogP) is 2.91. The van der Waals surface area contributed by atoms with Gasteiger partial charge >= 0.3 is 6.18 Å². The van der Waals surface area contributed by atoms with Gasteiger partial charge in [-0.3, -0.25) is 4.79 Å². The van der Waals surface area contributed by atoms with Crippen molar-refractivity contribution < 1.29 is 30.9 Å². The summed E-state index contributed by atoms with van der Waals surface area (Å²) in [7, 11) is -2.16. The summed E-state index contributed by atoms with van der Waals surface area (Å²) in [6.07, 6.45) is -3.82. The van der Waals surface area contributed by atoms with Gasteiger partial charge in [0.1, 0.15) is 5.69 Å². The first kappa shape index (κ1) is 20.9. The Kier molecular flexibility index (Phi) is 4.93. The molecule has 2 aromatic rings. The molecule has 0 unspecified atom stereocenters. The highest BCUT2D eigenvalue weighted by Crippen LogP contribution is 2.36. The maximum atomic E-state index is 13.3. The summed E-state index contributed by atoms with van der Waals surface area (Å²) in [5.74, 6) is -1.31. The average Bonchev–Trinajstić information content (AvgIpc) is 3.27. The number of hydrogen-bond acceptors (Lipinski definition) is 5. The Morgan fingerprint density at radius 3 is 2.63 bits per heavy atom. The molecular formula is C19H20F3N3O4S. The number of piperidine rings is 1. The summed E-state index contributed by atoms with van der Waals surface area (Å²) in [5, 5.41) is 3.43. The zero-order chi connectivity index (χ0) is 21.8. The molecule has 4 rings (SSSR count). The summed E-state index contributed by atoms with van der Waals surface area (Å²) in [4.78, 5) is 13.6. The SMILES string of the molecule is Cc1ccc(-c2cc(C(F)(F)F)on2)cc1S(=O)(=O)N1CC[C@H]2[C@H](CC(=O)N2C)C1. The highest BCUT2D eigenvalue weighted by atomic mass is 32.2. The van der Waals surface area contributed by atoms with Gasteiger partial charge in [-0.1, -0.05) is 17.3 Å². The zero-order valence-corrected chi connectivity index (χ0v) is 17.1. The summed E-state index contributed by atoms with van der Waals surface area (Å²) < 4.78 is 70.7. The predicted molar refractivity (Wildman–Crippen MR) is 99.7 cm³/mol. The fourth-order valence-electron chi connectivity index (χ4n) is 4.19. The molecule has 1 amide bonds. The van der Waals surface area contributed by atoms with E-state index in [1.165, 1.54) is 22.5 Å². The van der Waals surface area contributed by atoms with Gasteiger partial charge in [-0.25, -0.2) is 8.42 Å². The van der Waals surface area contributed by atoms with Crippen molar-refractivity contribution in [3.8, 4) is 11.3 Å². The number of rotatable bonds is 3. The molecule has 7 nitrogen and oxygen atoms in total. The zero-order valence-electron chi connectivity index (χ0n) is 16.3. The number of halogens is 3. The van der Waals surface area contributed by atoms with Gasteiger partial charge in [0, 0.05) is 50.1 Å². The summed E-state index contributed by atoms with van der Waals surface area (Å²) in [6.45, 7) is 2.13. The Bertz CT molecular complexity index is 1100. The molecule has 0 N–H and O–H groups in total. The number of nitrogens with zero attached hydrogens (tertiary/aromatic N) is 3.